The van der Waals surface area contributed by atoms with Gasteiger partial charge in [-0.2, -0.15) is 0 Å². The van der Waals surface area contributed by atoms with Crippen LogP contribution in [0.15, 0.2) is 60.9 Å². The summed E-state index contributed by atoms with van der Waals surface area (Å²) in [6.45, 7) is 0. The molecule has 0 fully saturated rings. The number of nitrogens with one attached hydrogen (secondary N) is 1. The molecule has 6 heteroatoms. The Morgan fingerprint density at radius 1 is 1.16 bits per heavy atom. The summed E-state index contributed by atoms with van der Waals surface area (Å²) in [6.07, 6.45) is 3.44. The van der Waals surface area contributed by atoms with E-state index in [1.807, 2.05) is 7.05 Å². The molecular formula is C19H17F2N3O. The van der Waals surface area contributed by atoms with E-state index in [1.54, 1.807) is 41.2 Å². The standard InChI is InChI=1S/C19H17F2N3O/c1-24-10-9-22-19(24)18(14-5-7-15(20)8-6-14)23-17(25)12-13-3-2-4-16(21)11-13/h2-11,18H,12H2,1H3,(H,23,25). The van der Waals surface area contributed by atoms with Gasteiger partial charge in [0.15, 0.2) is 0 Å². The SMILES string of the molecule is Cn1ccnc1C(NC(=O)Cc1cccc(F)c1)c1ccc(F)cc1. The van der Waals surface area contributed by atoms with Gasteiger partial charge in [0.25, 0.3) is 0 Å². The largest absolute Gasteiger partial charge is 0.342 e. The normalized spacial score (nSPS) is 12.0. The summed E-state index contributed by atoms with van der Waals surface area (Å²) in [5.74, 6) is -0.389. The maximum atomic E-state index is 13.3. The molecule has 0 spiro atoms. The van der Waals surface area contributed by atoms with E-state index in [-0.39, 0.29) is 24.0 Å². The lowest BCUT2D eigenvalue weighted by Gasteiger charge is -2.19. The smallest absolute Gasteiger partial charge is 0.225 e. The van der Waals surface area contributed by atoms with Gasteiger partial charge in [0.05, 0.1) is 6.42 Å². The lowest BCUT2D eigenvalue weighted by Crippen LogP contribution is -2.32. The van der Waals surface area contributed by atoms with Crippen LogP contribution < -0.4 is 5.32 Å². The molecule has 1 aromatic heterocycles. The van der Waals surface area contributed by atoms with Gasteiger partial charge in [-0.1, -0.05) is 24.3 Å². The topological polar surface area (TPSA) is 46.9 Å². The summed E-state index contributed by atoms with van der Waals surface area (Å²) >= 11 is 0. The highest BCUT2D eigenvalue weighted by Gasteiger charge is 2.21. The van der Waals surface area contributed by atoms with Crippen LogP contribution in [0.2, 0.25) is 0 Å². The Bertz CT molecular complexity index is 874. The number of benzene rings is 2. The Morgan fingerprint density at radius 2 is 1.92 bits per heavy atom. The van der Waals surface area contributed by atoms with Gasteiger partial charge in [0.1, 0.15) is 23.5 Å². The summed E-state index contributed by atoms with van der Waals surface area (Å²) in [5, 5.41) is 2.90. The van der Waals surface area contributed by atoms with Gasteiger partial charge < -0.3 is 9.88 Å². The number of amides is 1. The maximum Gasteiger partial charge on any atom is 0.225 e. The fourth-order valence-electron chi connectivity index (χ4n) is 2.65. The number of nitrogens with zero attached hydrogens (tertiary/aromatic N) is 2. The molecule has 0 aliphatic rings. The predicted molar refractivity (Wildman–Crippen MR) is 89.7 cm³/mol. The quantitative estimate of drug-likeness (QED) is 0.775. The number of aromatic nitrogens is 2. The number of hydrogen-bond donors (Lipinski definition) is 1. The van der Waals surface area contributed by atoms with E-state index in [4.69, 9.17) is 0 Å². The molecule has 2 aromatic carbocycles. The Labute approximate surface area is 144 Å². The number of carbonyl (C=O) groups is 1. The molecule has 1 atom stereocenters. The minimum Gasteiger partial charge on any atom is -0.342 e. The first-order valence-electron chi connectivity index (χ1n) is 7.79. The summed E-state index contributed by atoms with van der Waals surface area (Å²) < 4.78 is 28.3. The van der Waals surface area contributed by atoms with E-state index in [2.05, 4.69) is 10.3 Å². The molecule has 0 saturated carbocycles. The van der Waals surface area contributed by atoms with E-state index < -0.39 is 6.04 Å². The monoisotopic (exact) mass is 341 g/mol. The van der Waals surface area contributed by atoms with Gasteiger partial charge in [0.2, 0.25) is 5.91 Å². The second-order valence-electron chi connectivity index (χ2n) is 5.76. The van der Waals surface area contributed by atoms with E-state index in [9.17, 15) is 13.6 Å². The molecule has 128 valence electrons. The molecule has 1 unspecified atom stereocenters. The van der Waals surface area contributed by atoms with Crippen LogP contribution in [-0.2, 0) is 18.3 Å². The summed E-state index contributed by atoms with van der Waals surface area (Å²) in [4.78, 5) is 16.7. The van der Waals surface area contributed by atoms with Crippen LogP contribution >= 0.6 is 0 Å². The number of rotatable bonds is 5. The van der Waals surface area contributed by atoms with Crippen molar-refractivity contribution in [2.45, 2.75) is 12.5 Å². The Hall–Kier alpha value is -3.02. The van der Waals surface area contributed by atoms with Crippen LogP contribution in [-0.4, -0.2) is 15.5 Å². The highest BCUT2D eigenvalue weighted by Crippen LogP contribution is 2.21. The number of imidazole rings is 1. The molecular weight excluding hydrogens is 324 g/mol. The van der Waals surface area contributed by atoms with Crippen LogP contribution in [0.25, 0.3) is 0 Å². The Balaban J connectivity index is 1.83. The zero-order valence-electron chi connectivity index (χ0n) is 13.6. The van der Waals surface area contributed by atoms with Crippen molar-refractivity contribution in [2.75, 3.05) is 0 Å². The van der Waals surface area contributed by atoms with Crippen molar-refractivity contribution >= 4 is 5.91 Å². The third kappa shape index (κ3) is 4.09. The number of carbonyl (C=O) groups excluding carboxylic acids is 1. The summed E-state index contributed by atoms with van der Waals surface area (Å²) in [6, 6.07) is 11.3. The van der Waals surface area contributed by atoms with Gasteiger partial charge in [0, 0.05) is 19.4 Å². The second-order valence-corrected chi connectivity index (χ2v) is 5.76. The molecule has 1 N–H and O–H groups in total. The highest BCUT2D eigenvalue weighted by atomic mass is 19.1. The molecule has 1 heterocycles. The third-order valence-electron chi connectivity index (χ3n) is 3.88. The van der Waals surface area contributed by atoms with Crippen LogP contribution in [0, 0.1) is 11.6 Å². The molecule has 0 bridgehead atoms. The fraction of sp³-hybridized carbons (Fsp3) is 0.158. The minimum absolute atomic E-state index is 0.0415. The minimum atomic E-state index is -0.526. The van der Waals surface area contributed by atoms with E-state index in [1.165, 1.54) is 24.3 Å². The number of halogens is 2. The molecule has 0 saturated heterocycles. The van der Waals surface area contributed by atoms with Crippen molar-refractivity contribution in [1.82, 2.24) is 14.9 Å². The van der Waals surface area contributed by atoms with Gasteiger partial charge in [-0.25, -0.2) is 13.8 Å². The van der Waals surface area contributed by atoms with Crippen molar-refractivity contribution in [3.05, 3.63) is 89.5 Å². The zero-order valence-corrected chi connectivity index (χ0v) is 13.6. The van der Waals surface area contributed by atoms with Gasteiger partial charge in [-0.05, 0) is 35.4 Å². The first-order valence-corrected chi connectivity index (χ1v) is 7.79. The van der Waals surface area contributed by atoms with Crippen molar-refractivity contribution in [1.29, 1.82) is 0 Å². The molecule has 3 rings (SSSR count). The van der Waals surface area contributed by atoms with Crippen LogP contribution in [0.3, 0.4) is 0 Å². The van der Waals surface area contributed by atoms with Gasteiger partial charge in [-0.3, -0.25) is 4.79 Å². The second kappa shape index (κ2) is 7.25. The predicted octanol–water partition coefficient (Wildman–Crippen LogP) is 3.15. The third-order valence-corrected chi connectivity index (χ3v) is 3.88. The average molecular weight is 341 g/mol. The highest BCUT2D eigenvalue weighted by molar-refractivity contribution is 5.79. The first kappa shape index (κ1) is 16.8. The summed E-state index contributed by atoms with van der Waals surface area (Å²) in [7, 11) is 1.82. The van der Waals surface area contributed by atoms with E-state index >= 15 is 0 Å². The van der Waals surface area contributed by atoms with Crippen LogP contribution in [0.5, 0.6) is 0 Å². The molecule has 3 aromatic rings. The molecule has 0 aliphatic carbocycles. The zero-order chi connectivity index (χ0) is 17.8. The van der Waals surface area contributed by atoms with Gasteiger partial charge in [-0.15, -0.1) is 0 Å². The first-order chi connectivity index (χ1) is 12.0. The lowest BCUT2D eigenvalue weighted by molar-refractivity contribution is -0.121. The fourth-order valence-corrected chi connectivity index (χ4v) is 2.65. The molecule has 0 aliphatic heterocycles. The molecule has 0 radical (unpaired) electrons. The Kier molecular flexibility index (Phi) is 4.88. The molecule has 4 nitrogen and oxygen atoms in total. The van der Waals surface area contributed by atoms with Crippen molar-refractivity contribution in [3.63, 3.8) is 0 Å². The average Bonchev–Trinajstić information content (AvgIpc) is 2.99. The van der Waals surface area contributed by atoms with Crippen molar-refractivity contribution in [2.24, 2.45) is 7.05 Å². The number of hydrogen-bond acceptors (Lipinski definition) is 2. The summed E-state index contributed by atoms with van der Waals surface area (Å²) in [5.41, 5.74) is 1.29. The van der Waals surface area contributed by atoms with Crippen LogP contribution in [0.4, 0.5) is 8.78 Å². The van der Waals surface area contributed by atoms with E-state index in [0.717, 1.165) is 0 Å². The lowest BCUT2D eigenvalue weighted by atomic mass is 10.0. The van der Waals surface area contributed by atoms with Crippen molar-refractivity contribution in [3.8, 4) is 0 Å². The number of aryl methyl sites for hydroxylation is 1. The Morgan fingerprint density at radius 3 is 2.56 bits per heavy atom. The van der Waals surface area contributed by atoms with Crippen molar-refractivity contribution < 1.29 is 13.6 Å². The molecule has 1 amide bonds. The van der Waals surface area contributed by atoms with E-state index in [0.29, 0.717) is 17.0 Å². The molecule has 25 heavy (non-hydrogen) atoms. The van der Waals surface area contributed by atoms with Gasteiger partial charge >= 0.3 is 0 Å². The maximum absolute atomic E-state index is 13.3. The van der Waals surface area contributed by atoms with Crippen LogP contribution in [0.1, 0.15) is 23.0 Å².